The lowest BCUT2D eigenvalue weighted by Crippen LogP contribution is -2.43. The summed E-state index contributed by atoms with van der Waals surface area (Å²) in [6, 6.07) is 8.91. The molecule has 1 saturated carbocycles. The molecule has 1 aliphatic rings. The van der Waals surface area contributed by atoms with Gasteiger partial charge < -0.3 is 5.32 Å². The third kappa shape index (κ3) is 4.41. The summed E-state index contributed by atoms with van der Waals surface area (Å²) in [7, 11) is 0. The van der Waals surface area contributed by atoms with E-state index in [0.29, 0.717) is 11.3 Å². The van der Waals surface area contributed by atoms with Gasteiger partial charge in [0.2, 0.25) is 0 Å². The number of rotatable bonds is 5. The van der Waals surface area contributed by atoms with Gasteiger partial charge >= 0.3 is 0 Å². The van der Waals surface area contributed by atoms with Crippen molar-refractivity contribution in [3.8, 4) is 0 Å². The standard InChI is InChI=1S/C17H26ClNS/c1-4-19-16-9-8-13(12(2)3)10-17(16)20-15-7-5-6-14(18)11-15/h5-7,11-13,16-17,19H,4,8-10H2,1-3H3. The molecule has 3 atom stereocenters. The van der Waals surface area contributed by atoms with Crippen molar-refractivity contribution in [2.75, 3.05) is 6.54 Å². The largest absolute Gasteiger partial charge is 0.313 e. The van der Waals surface area contributed by atoms with Crippen molar-refractivity contribution >= 4 is 23.4 Å². The molecular formula is C17H26ClNS. The number of nitrogens with one attached hydrogen (secondary N) is 1. The number of hydrogen-bond acceptors (Lipinski definition) is 2. The smallest absolute Gasteiger partial charge is 0.0417 e. The minimum atomic E-state index is 0.638. The van der Waals surface area contributed by atoms with Crippen molar-refractivity contribution in [3.63, 3.8) is 0 Å². The first-order valence-electron chi connectivity index (χ1n) is 7.75. The van der Waals surface area contributed by atoms with Crippen LogP contribution in [0.5, 0.6) is 0 Å². The Morgan fingerprint density at radius 2 is 2.15 bits per heavy atom. The Kier molecular flexibility index (Phi) is 6.25. The first kappa shape index (κ1) is 16.2. The molecule has 0 aliphatic heterocycles. The normalized spacial score (nSPS) is 26.9. The topological polar surface area (TPSA) is 12.0 Å². The fourth-order valence-corrected chi connectivity index (χ4v) is 4.80. The minimum absolute atomic E-state index is 0.638. The summed E-state index contributed by atoms with van der Waals surface area (Å²) in [5.41, 5.74) is 0. The fraction of sp³-hybridized carbons (Fsp3) is 0.647. The van der Waals surface area contributed by atoms with Gasteiger partial charge in [-0.25, -0.2) is 0 Å². The van der Waals surface area contributed by atoms with Crippen LogP contribution in [0.4, 0.5) is 0 Å². The highest BCUT2D eigenvalue weighted by molar-refractivity contribution is 8.00. The molecule has 0 radical (unpaired) electrons. The first-order valence-corrected chi connectivity index (χ1v) is 9.01. The Balaban J connectivity index is 2.06. The van der Waals surface area contributed by atoms with Crippen LogP contribution >= 0.6 is 23.4 Å². The molecule has 3 unspecified atom stereocenters. The van der Waals surface area contributed by atoms with Crippen molar-refractivity contribution in [2.45, 2.75) is 56.2 Å². The SMILES string of the molecule is CCNC1CCC(C(C)C)CC1Sc1cccc(Cl)c1. The molecule has 2 rings (SSSR count). The summed E-state index contributed by atoms with van der Waals surface area (Å²) in [5, 5.41) is 5.18. The Labute approximate surface area is 132 Å². The van der Waals surface area contributed by atoms with Crippen molar-refractivity contribution in [2.24, 2.45) is 11.8 Å². The molecule has 0 saturated heterocycles. The number of hydrogen-bond donors (Lipinski definition) is 1. The van der Waals surface area contributed by atoms with E-state index in [1.165, 1.54) is 24.2 Å². The van der Waals surface area contributed by atoms with Crippen molar-refractivity contribution in [1.82, 2.24) is 5.32 Å². The van der Waals surface area contributed by atoms with Crippen LogP contribution in [-0.4, -0.2) is 17.8 Å². The molecule has 0 spiro atoms. The van der Waals surface area contributed by atoms with E-state index in [1.54, 1.807) is 0 Å². The maximum Gasteiger partial charge on any atom is 0.0417 e. The van der Waals surface area contributed by atoms with Gasteiger partial charge in [-0.1, -0.05) is 38.4 Å². The summed E-state index contributed by atoms with van der Waals surface area (Å²) in [4.78, 5) is 1.30. The van der Waals surface area contributed by atoms with E-state index in [0.717, 1.165) is 23.4 Å². The maximum atomic E-state index is 6.11. The lowest BCUT2D eigenvalue weighted by molar-refractivity contribution is 0.247. The highest BCUT2D eigenvalue weighted by Crippen LogP contribution is 2.39. The maximum absolute atomic E-state index is 6.11. The summed E-state index contributed by atoms with van der Waals surface area (Å²) in [6.07, 6.45) is 3.98. The summed E-state index contributed by atoms with van der Waals surface area (Å²) >= 11 is 8.11. The van der Waals surface area contributed by atoms with Gasteiger partial charge in [-0.2, -0.15) is 0 Å². The Morgan fingerprint density at radius 1 is 1.35 bits per heavy atom. The second-order valence-corrected chi connectivity index (χ2v) is 7.84. The summed E-state index contributed by atoms with van der Waals surface area (Å²) in [6.45, 7) is 7.98. The second kappa shape index (κ2) is 7.72. The van der Waals surface area contributed by atoms with Crippen LogP contribution in [-0.2, 0) is 0 Å². The minimum Gasteiger partial charge on any atom is -0.313 e. The lowest BCUT2D eigenvalue weighted by Gasteiger charge is -2.38. The van der Waals surface area contributed by atoms with Gasteiger partial charge in [-0.3, -0.25) is 0 Å². The zero-order valence-corrected chi connectivity index (χ0v) is 14.3. The van der Waals surface area contributed by atoms with E-state index >= 15 is 0 Å². The Hall–Kier alpha value is -0.180. The molecule has 0 amide bonds. The van der Waals surface area contributed by atoms with Gasteiger partial charge in [-0.05, 0) is 55.8 Å². The van der Waals surface area contributed by atoms with E-state index in [-0.39, 0.29) is 0 Å². The quantitative estimate of drug-likeness (QED) is 0.798. The van der Waals surface area contributed by atoms with E-state index < -0.39 is 0 Å². The van der Waals surface area contributed by atoms with Crippen LogP contribution in [0.15, 0.2) is 29.2 Å². The number of halogens is 1. The molecule has 112 valence electrons. The number of thioether (sulfide) groups is 1. The monoisotopic (exact) mass is 311 g/mol. The molecule has 0 bridgehead atoms. The highest BCUT2D eigenvalue weighted by atomic mass is 35.5. The average Bonchev–Trinajstić information content (AvgIpc) is 2.41. The van der Waals surface area contributed by atoms with E-state index in [1.807, 2.05) is 17.8 Å². The third-order valence-corrected chi connectivity index (χ3v) is 5.91. The van der Waals surface area contributed by atoms with Crippen LogP contribution in [0.1, 0.15) is 40.0 Å². The van der Waals surface area contributed by atoms with Gasteiger partial charge in [-0.15, -0.1) is 11.8 Å². The van der Waals surface area contributed by atoms with Crippen LogP contribution in [0, 0.1) is 11.8 Å². The van der Waals surface area contributed by atoms with Crippen LogP contribution in [0.2, 0.25) is 5.02 Å². The predicted octanol–water partition coefficient (Wildman–Crippen LogP) is 5.23. The van der Waals surface area contributed by atoms with E-state index in [2.05, 4.69) is 44.3 Å². The zero-order valence-electron chi connectivity index (χ0n) is 12.7. The zero-order chi connectivity index (χ0) is 14.5. The van der Waals surface area contributed by atoms with Crippen molar-refractivity contribution in [3.05, 3.63) is 29.3 Å². The molecule has 0 heterocycles. The molecule has 1 aromatic rings. The van der Waals surface area contributed by atoms with E-state index in [9.17, 15) is 0 Å². The van der Waals surface area contributed by atoms with Gasteiger partial charge in [0, 0.05) is 21.2 Å². The van der Waals surface area contributed by atoms with Crippen molar-refractivity contribution in [1.29, 1.82) is 0 Å². The Bertz CT molecular complexity index is 421. The van der Waals surface area contributed by atoms with Gasteiger partial charge in [0.1, 0.15) is 0 Å². The summed E-state index contributed by atoms with van der Waals surface area (Å²) in [5.74, 6) is 1.65. The van der Waals surface area contributed by atoms with Crippen molar-refractivity contribution < 1.29 is 0 Å². The van der Waals surface area contributed by atoms with Crippen LogP contribution in [0.25, 0.3) is 0 Å². The first-order chi connectivity index (χ1) is 9.60. The molecular weight excluding hydrogens is 286 g/mol. The predicted molar refractivity (Wildman–Crippen MR) is 90.7 cm³/mol. The third-order valence-electron chi connectivity index (χ3n) is 4.32. The van der Waals surface area contributed by atoms with Crippen LogP contribution in [0.3, 0.4) is 0 Å². The molecule has 1 nitrogen and oxygen atoms in total. The molecule has 1 fully saturated rings. The van der Waals surface area contributed by atoms with Gasteiger partial charge in [0.15, 0.2) is 0 Å². The van der Waals surface area contributed by atoms with Gasteiger partial charge in [0.05, 0.1) is 0 Å². The van der Waals surface area contributed by atoms with E-state index in [4.69, 9.17) is 11.6 Å². The molecule has 1 N–H and O–H groups in total. The number of benzene rings is 1. The molecule has 3 heteroatoms. The molecule has 0 aromatic heterocycles. The average molecular weight is 312 g/mol. The molecule has 1 aromatic carbocycles. The van der Waals surface area contributed by atoms with Gasteiger partial charge in [0.25, 0.3) is 0 Å². The van der Waals surface area contributed by atoms with Crippen LogP contribution < -0.4 is 5.32 Å². The molecule has 1 aliphatic carbocycles. The highest BCUT2D eigenvalue weighted by Gasteiger charge is 2.31. The fourth-order valence-electron chi connectivity index (χ4n) is 3.11. The lowest BCUT2D eigenvalue weighted by atomic mass is 9.79. The Morgan fingerprint density at radius 3 is 2.80 bits per heavy atom. The second-order valence-electron chi connectivity index (χ2n) is 6.09. The summed E-state index contributed by atoms with van der Waals surface area (Å²) < 4.78 is 0. The molecule has 20 heavy (non-hydrogen) atoms.